The highest BCUT2D eigenvalue weighted by Gasteiger charge is 2.12. The summed E-state index contributed by atoms with van der Waals surface area (Å²) in [4.78, 5) is 29.8. The fraction of sp³-hybridized carbons (Fsp3) is 0.500. The Morgan fingerprint density at radius 1 is 1.28 bits per heavy atom. The molecular formula is C22H35N3O3S. The molecule has 3 rings (SSSR count). The predicted molar refractivity (Wildman–Crippen MR) is 122 cm³/mol. The number of hydrogen-bond donors (Lipinski definition) is 1. The maximum atomic E-state index is 11.7. The molecule has 0 atom stereocenters. The minimum absolute atomic E-state index is 0.342. The molecular weight excluding hydrogens is 386 g/mol. The summed E-state index contributed by atoms with van der Waals surface area (Å²) < 4.78 is 4.96. The summed E-state index contributed by atoms with van der Waals surface area (Å²) >= 11 is 1.32. The molecule has 0 radical (unpaired) electrons. The maximum absolute atomic E-state index is 11.7. The van der Waals surface area contributed by atoms with E-state index in [2.05, 4.69) is 22.7 Å². The van der Waals surface area contributed by atoms with E-state index in [0.717, 1.165) is 16.9 Å². The van der Waals surface area contributed by atoms with E-state index in [-0.39, 0.29) is 5.97 Å². The Labute approximate surface area is 179 Å². The lowest BCUT2D eigenvalue weighted by Gasteiger charge is -2.03. The van der Waals surface area contributed by atoms with Crippen molar-refractivity contribution in [2.75, 3.05) is 33.8 Å². The van der Waals surface area contributed by atoms with E-state index in [1.165, 1.54) is 44.3 Å². The summed E-state index contributed by atoms with van der Waals surface area (Å²) in [5, 5.41) is 0.728. The summed E-state index contributed by atoms with van der Waals surface area (Å²) in [6, 6.07) is 7.06. The number of rotatable bonds is 4. The van der Waals surface area contributed by atoms with E-state index in [1.54, 1.807) is 32.0 Å². The molecule has 7 heteroatoms. The molecule has 162 valence electrons. The molecule has 0 bridgehead atoms. The van der Waals surface area contributed by atoms with Crippen molar-refractivity contribution in [1.82, 2.24) is 9.88 Å². The standard InChI is InChI=1S/C14H13NO3S.C5H11N.C2H6.CH5N/c1-3-18-14(17)11-6-4-5-10(7-11)13-15-9(2)12(8-16)19-13;1-6-4-2-3-5-6;2*1-2/h4-8H,3H2,1-2H3;2-5H2,1H3;1-2H3;2H2,1H3. The first-order valence-electron chi connectivity index (χ1n) is 10.0. The third kappa shape index (κ3) is 9.30. The lowest BCUT2D eigenvalue weighted by atomic mass is 10.1. The molecule has 2 aromatic rings. The van der Waals surface area contributed by atoms with Crippen molar-refractivity contribution < 1.29 is 14.3 Å². The summed E-state index contributed by atoms with van der Waals surface area (Å²) in [6.07, 6.45) is 3.62. The number of nitrogens with two attached hydrogens (primary N) is 1. The molecule has 1 aliphatic heterocycles. The van der Waals surface area contributed by atoms with Crippen molar-refractivity contribution in [1.29, 1.82) is 0 Å². The van der Waals surface area contributed by atoms with Gasteiger partial charge in [0, 0.05) is 5.56 Å². The SMILES string of the molecule is CC.CCOC(=O)c1cccc(-c2nc(C)c(C=O)s2)c1.CN.CN1CCCC1. The van der Waals surface area contributed by atoms with Crippen molar-refractivity contribution in [3.63, 3.8) is 0 Å². The number of aromatic nitrogens is 1. The molecule has 6 nitrogen and oxygen atoms in total. The zero-order valence-corrected chi connectivity index (χ0v) is 19.3. The van der Waals surface area contributed by atoms with E-state index in [1.807, 2.05) is 19.9 Å². The number of esters is 1. The summed E-state index contributed by atoms with van der Waals surface area (Å²) in [5.74, 6) is -0.353. The Morgan fingerprint density at radius 3 is 2.34 bits per heavy atom. The van der Waals surface area contributed by atoms with Crippen LogP contribution in [0.25, 0.3) is 10.6 Å². The van der Waals surface area contributed by atoms with Crippen molar-refractivity contribution in [3.8, 4) is 10.6 Å². The van der Waals surface area contributed by atoms with Gasteiger partial charge in [-0.3, -0.25) is 4.79 Å². The minimum Gasteiger partial charge on any atom is -0.462 e. The number of aldehydes is 1. The van der Waals surface area contributed by atoms with Crippen molar-refractivity contribution in [2.24, 2.45) is 5.73 Å². The van der Waals surface area contributed by atoms with E-state index in [4.69, 9.17) is 4.74 Å². The Kier molecular flexibility index (Phi) is 14.7. The number of hydrogen-bond acceptors (Lipinski definition) is 7. The van der Waals surface area contributed by atoms with Crippen LogP contribution in [-0.4, -0.2) is 55.9 Å². The highest BCUT2D eigenvalue weighted by atomic mass is 32.1. The molecule has 1 saturated heterocycles. The maximum Gasteiger partial charge on any atom is 0.338 e. The van der Waals surface area contributed by atoms with E-state index >= 15 is 0 Å². The number of likely N-dealkylation sites (tertiary alicyclic amines) is 1. The van der Waals surface area contributed by atoms with E-state index in [9.17, 15) is 9.59 Å². The average Bonchev–Trinajstić information content (AvgIpc) is 3.40. The van der Waals surface area contributed by atoms with Gasteiger partial charge in [0.1, 0.15) is 5.01 Å². The molecule has 0 spiro atoms. The average molecular weight is 422 g/mol. The monoisotopic (exact) mass is 421 g/mol. The lowest BCUT2D eigenvalue weighted by molar-refractivity contribution is 0.0526. The van der Waals surface area contributed by atoms with Crippen LogP contribution >= 0.6 is 11.3 Å². The second-order valence-corrected chi connectivity index (χ2v) is 6.93. The highest BCUT2D eigenvalue weighted by molar-refractivity contribution is 7.16. The van der Waals surface area contributed by atoms with Crippen LogP contribution in [0.3, 0.4) is 0 Å². The highest BCUT2D eigenvalue weighted by Crippen LogP contribution is 2.27. The van der Waals surface area contributed by atoms with Gasteiger partial charge >= 0.3 is 5.97 Å². The summed E-state index contributed by atoms with van der Waals surface area (Å²) in [5.41, 5.74) is 6.50. The van der Waals surface area contributed by atoms with Gasteiger partial charge in [0.05, 0.1) is 22.7 Å². The van der Waals surface area contributed by atoms with Crippen molar-refractivity contribution in [2.45, 2.75) is 40.5 Å². The molecule has 2 N–H and O–H groups in total. The third-order valence-electron chi connectivity index (χ3n) is 3.89. The van der Waals surface area contributed by atoms with Gasteiger partial charge in [-0.25, -0.2) is 9.78 Å². The van der Waals surface area contributed by atoms with Gasteiger partial charge in [0.2, 0.25) is 0 Å². The number of thiazole rings is 1. The normalized spacial score (nSPS) is 12.4. The Bertz CT molecular complexity index is 726. The topological polar surface area (TPSA) is 85.5 Å². The molecule has 2 heterocycles. The van der Waals surface area contributed by atoms with Gasteiger partial charge in [-0.1, -0.05) is 26.0 Å². The fourth-order valence-corrected chi connectivity index (χ4v) is 3.39. The molecule has 1 aliphatic rings. The lowest BCUT2D eigenvalue weighted by Crippen LogP contribution is -2.10. The molecule has 0 saturated carbocycles. The summed E-state index contributed by atoms with van der Waals surface area (Å²) in [7, 11) is 3.67. The van der Waals surface area contributed by atoms with Crippen LogP contribution < -0.4 is 5.73 Å². The number of carbonyl (C=O) groups excluding carboxylic acids is 2. The minimum atomic E-state index is -0.353. The van der Waals surface area contributed by atoms with Crippen LogP contribution in [0.2, 0.25) is 0 Å². The molecule has 1 aromatic carbocycles. The third-order valence-corrected chi connectivity index (χ3v) is 5.02. The molecule has 1 aromatic heterocycles. The van der Waals surface area contributed by atoms with Gasteiger partial charge in [-0.15, -0.1) is 11.3 Å². The first-order chi connectivity index (χ1) is 14.0. The van der Waals surface area contributed by atoms with E-state index in [0.29, 0.717) is 22.7 Å². The summed E-state index contributed by atoms with van der Waals surface area (Å²) in [6.45, 7) is 10.5. The van der Waals surface area contributed by atoms with Crippen LogP contribution in [0.5, 0.6) is 0 Å². The van der Waals surface area contributed by atoms with Gasteiger partial charge in [0.15, 0.2) is 6.29 Å². The van der Waals surface area contributed by atoms with Crippen molar-refractivity contribution >= 4 is 23.6 Å². The number of ether oxygens (including phenoxy) is 1. The van der Waals surface area contributed by atoms with Crippen LogP contribution in [0.15, 0.2) is 24.3 Å². The fourth-order valence-electron chi connectivity index (χ4n) is 2.51. The quantitative estimate of drug-likeness (QED) is 0.581. The smallest absolute Gasteiger partial charge is 0.338 e. The number of carbonyl (C=O) groups is 2. The molecule has 0 aliphatic carbocycles. The Hall–Kier alpha value is -2.09. The Balaban J connectivity index is 0.000000654. The van der Waals surface area contributed by atoms with Crippen LogP contribution in [0.1, 0.15) is 59.3 Å². The van der Waals surface area contributed by atoms with Crippen LogP contribution in [0, 0.1) is 6.92 Å². The first-order valence-corrected chi connectivity index (χ1v) is 10.8. The molecule has 0 unspecified atom stereocenters. The predicted octanol–water partition coefficient (Wildman–Crippen LogP) is 4.42. The largest absolute Gasteiger partial charge is 0.462 e. The van der Waals surface area contributed by atoms with E-state index < -0.39 is 0 Å². The van der Waals surface area contributed by atoms with Crippen LogP contribution in [-0.2, 0) is 4.74 Å². The molecule has 0 amide bonds. The second-order valence-electron chi connectivity index (χ2n) is 5.90. The first kappa shape index (κ1) is 26.9. The number of nitrogens with zero attached hydrogens (tertiary/aromatic N) is 2. The zero-order valence-electron chi connectivity index (χ0n) is 18.5. The van der Waals surface area contributed by atoms with Gasteiger partial charge in [-0.05, 0) is 66.0 Å². The van der Waals surface area contributed by atoms with Crippen LogP contribution in [0.4, 0.5) is 0 Å². The van der Waals surface area contributed by atoms with Gasteiger partial charge < -0.3 is 15.4 Å². The molecule has 1 fully saturated rings. The Morgan fingerprint density at radius 2 is 1.90 bits per heavy atom. The van der Waals surface area contributed by atoms with Gasteiger partial charge in [-0.2, -0.15) is 0 Å². The second kappa shape index (κ2) is 15.8. The zero-order chi connectivity index (χ0) is 22.2. The number of benzene rings is 1. The number of aryl methyl sites for hydroxylation is 1. The van der Waals surface area contributed by atoms with Crippen molar-refractivity contribution in [3.05, 3.63) is 40.4 Å². The van der Waals surface area contributed by atoms with Gasteiger partial charge in [0.25, 0.3) is 0 Å². The molecule has 29 heavy (non-hydrogen) atoms.